The number of rotatable bonds is 2. The molecule has 1 atom stereocenters. The summed E-state index contributed by atoms with van der Waals surface area (Å²) in [5.74, 6) is -0.135. The van der Waals surface area contributed by atoms with Crippen molar-refractivity contribution in [2.75, 3.05) is 18.9 Å². The van der Waals surface area contributed by atoms with E-state index in [9.17, 15) is 4.79 Å². The first-order valence-electron chi connectivity index (χ1n) is 5.60. The normalized spacial score (nSPS) is 19.9. The van der Waals surface area contributed by atoms with Crippen molar-refractivity contribution in [2.24, 2.45) is 0 Å². The molecule has 1 fully saturated rings. The standard InChI is InChI=1S/C12H15ClN2O2/c13-10-4-3-8(6-11(10)14)12(16)15-9-2-1-5-17-7-9/h3-4,6,9H,1-2,5,7,14H2,(H,15,16). The smallest absolute Gasteiger partial charge is 0.251 e. The first-order valence-corrected chi connectivity index (χ1v) is 5.98. The first kappa shape index (κ1) is 12.2. The van der Waals surface area contributed by atoms with Crippen LogP contribution in [0.2, 0.25) is 5.02 Å². The summed E-state index contributed by atoms with van der Waals surface area (Å²) < 4.78 is 5.30. The van der Waals surface area contributed by atoms with Crippen LogP contribution in [0.25, 0.3) is 0 Å². The summed E-state index contributed by atoms with van der Waals surface area (Å²) >= 11 is 5.80. The van der Waals surface area contributed by atoms with E-state index in [1.165, 1.54) is 0 Å². The van der Waals surface area contributed by atoms with Crippen LogP contribution < -0.4 is 11.1 Å². The van der Waals surface area contributed by atoms with Crippen LogP contribution in [0.15, 0.2) is 18.2 Å². The van der Waals surface area contributed by atoms with Gasteiger partial charge in [-0.25, -0.2) is 0 Å². The van der Waals surface area contributed by atoms with Gasteiger partial charge in [-0.3, -0.25) is 4.79 Å². The molecule has 1 aliphatic rings. The second kappa shape index (κ2) is 5.38. The molecule has 1 unspecified atom stereocenters. The van der Waals surface area contributed by atoms with Gasteiger partial charge in [0, 0.05) is 12.2 Å². The third kappa shape index (κ3) is 3.11. The molecule has 0 aliphatic carbocycles. The van der Waals surface area contributed by atoms with E-state index in [-0.39, 0.29) is 11.9 Å². The molecule has 5 heteroatoms. The van der Waals surface area contributed by atoms with Gasteiger partial charge in [0.25, 0.3) is 5.91 Å². The van der Waals surface area contributed by atoms with Crippen molar-refractivity contribution in [3.8, 4) is 0 Å². The number of halogens is 1. The van der Waals surface area contributed by atoms with Crippen LogP contribution in [0.5, 0.6) is 0 Å². The molecule has 1 saturated heterocycles. The highest BCUT2D eigenvalue weighted by Crippen LogP contribution is 2.19. The van der Waals surface area contributed by atoms with E-state index >= 15 is 0 Å². The molecule has 1 aromatic rings. The number of carbonyl (C=O) groups excluding carboxylic acids is 1. The number of amides is 1. The van der Waals surface area contributed by atoms with Gasteiger partial charge in [0.05, 0.1) is 23.4 Å². The number of hydrogen-bond acceptors (Lipinski definition) is 3. The lowest BCUT2D eigenvalue weighted by Gasteiger charge is -2.23. The highest BCUT2D eigenvalue weighted by Gasteiger charge is 2.17. The number of carbonyl (C=O) groups is 1. The van der Waals surface area contributed by atoms with Crippen molar-refractivity contribution in [3.63, 3.8) is 0 Å². The van der Waals surface area contributed by atoms with Crippen LogP contribution in [0.3, 0.4) is 0 Å². The van der Waals surface area contributed by atoms with Crippen LogP contribution in [0, 0.1) is 0 Å². The third-order valence-electron chi connectivity index (χ3n) is 2.75. The molecule has 1 aliphatic heterocycles. The third-order valence-corrected chi connectivity index (χ3v) is 3.10. The van der Waals surface area contributed by atoms with Gasteiger partial charge >= 0.3 is 0 Å². The molecule has 1 aromatic carbocycles. The summed E-state index contributed by atoms with van der Waals surface area (Å²) in [5, 5.41) is 3.38. The maximum atomic E-state index is 11.9. The van der Waals surface area contributed by atoms with Gasteiger partial charge in [0.2, 0.25) is 0 Å². The molecule has 3 N–H and O–H groups in total. The number of ether oxygens (including phenoxy) is 1. The molecular formula is C12H15ClN2O2. The largest absolute Gasteiger partial charge is 0.398 e. The molecule has 0 spiro atoms. The molecular weight excluding hydrogens is 240 g/mol. The minimum absolute atomic E-state index is 0.0909. The van der Waals surface area contributed by atoms with Crippen LogP contribution in [-0.4, -0.2) is 25.2 Å². The molecule has 4 nitrogen and oxygen atoms in total. The van der Waals surface area contributed by atoms with Gasteiger partial charge in [-0.2, -0.15) is 0 Å². The Kier molecular flexibility index (Phi) is 3.86. The molecule has 0 bridgehead atoms. The van der Waals surface area contributed by atoms with E-state index < -0.39 is 0 Å². The Labute approximate surface area is 105 Å². The lowest BCUT2D eigenvalue weighted by atomic mass is 10.1. The molecule has 92 valence electrons. The Morgan fingerprint density at radius 3 is 3.00 bits per heavy atom. The lowest BCUT2D eigenvalue weighted by Crippen LogP contribution is -2.40. The zero-order valence-corrected chi connectivity index (χ0v) is 10.2. The van der Waals surface area contributed by atoms with Gasteiger partial charge < -0.3 is 15.8 Å². The van der Waals surface area contributed by atoms with Crippen LogP contribution in [0.1, 0.15) is 23.2 Å². The highest BCUT2D eigenvalue weighted by atomic mass is 35.5. The predicted octanol–water partition coefficient (Wildman–Crippen LogP) is 1.83. The molecule has 17 heavy (non-hydrogen) atoms. The molecule has 0 radical (unpaired) electrons. The molecule has 1 amide bonds. The topological polar surface area (TPSA) is 64.4 Å². The Morgan fingerprint density at radius 2 is 2.35 bits per heavy atom. The lowest BCUT2D eigenvalue weighted by molar-refractivity contribution is 0.0624. The summed E-state index contributed by atoms with van der Waals surface area (Å²) in [6.07, 6.45) is 1.93. The maximum Gasteiger partial charge on any atom is 0.251 e. The van der Waals surface area contributed by atoms with Crippen molar-refractivity contribution in [2.45, 2.75) is 18.9 Å². The Balaban J connectivity index is 2.01. The van der Waals surface area contributed by atoms with E-state index in [2.05, 4.69) is 5.32 Å². The predicted molar refractivity (Wildman–Crippen MR) is 67.2 cm³/mol. The quantitative estimate of drug-likeness (QED) is 0.792. The van der Waals surface area contributed by atoms with Crippen molar-refractivity contribution >= 4 is 23.2 Å². The first-order chi connectivity index (χ1) is 8.16. The highest BCUT2D eigenvalue weighted by molar-refractivity contribution is 6.33. The summed E-state index contributed by atoms with van der Waals surface area (Å²) in [4.78, 5) is 11.9. The number of anilines is 1. The van der Waals surface area contributed by atoms with Gasteiger partial charge in [0.15, 0.2) is 0 Å². The monoisotopic (exact) mass is 254 g/mol. The zero-order chi connectivity index (χ0) is 12.3. The minimum Gasteiger partial charge on any atom is -0.398 e. The van der Waals surface area contributed by atoms with Crippen LogP contribution in [0.4, 0.5) is 5.69 Å². The van der Waals surface area contributed by atoms with Crippen LogP contribution in [-0.2, 0) is 4.74 Å². The Morgan fingerprint density at radius 1 is 1.53 bits per heavy atom. The van der Waals surface area contributed by atoms with E-state index in [1.807, 2.05) is 0 Å². The Bertz CT molecular complexity index is 417. The van der Waals surface area contributed by atoms with Gasteiger partial charge in [-0.15, -0.1) is 0 Å². The number of hydrogen-bond donors (Lipinski definition) is 2. The fraction of sp³-hybridized carbons (Fsp3) is 0.417. The molecule has 0 aromatic heterocycles. The summed E-state index contributed by atoms with van der Waals surface area (Å²) in [6, 6.07) is 4.97. The fourth-order valence-corrected chi connectivity index (χ4v) is 1.93. The Hall–Kier alpha value is -1.26. The summed E-state index contributed by atoms with van der Waals surface area (Å²) in [6.45, 7) is 1.36. The van der Waals surface area contributed by atoms with E-state index in [0.717, 1.165) is 19.4 Å². The van der Waals surface area contributed by atoms with Crippen LogP contribution >= 0.6 is 11.6 Å². The van der Waals surface area contributed by atoms with Crippen molar-refractivity contribution in [1.29, 1.82) is 0 Å². The minimum atomic E-state index is -0.135. The van der Waals surface area contributed by atoms with Gasteiger partial charge in [-0.1, -0.05) is 11.6 Å². The van der Waals surface area contributed by atoms with Crippen molar-refractivity contribution in [3.05, 3.63) is 28.8 Å². The SMILES string of the molecule is Nc1cc(C(=O)NC2CCCOC2)ccc1Cl. The van der Waals surface area contributed by atoms with E-state index in [0.29, 0.717) is 22.9 Å². The zero-order valence-electron chi connectivity index (χ0n) is 9.41. The average molecular weight is 255 g/mol. The molecule has 0 saturated carbocycles. The van der Waals surface area contributed by atoms with Gasteiger partial charge in [0.1, 0.15) is 0 Å². The number of nitrogen functional groups attached to an aromatic ring is 1. The summed E-state index contributed by atoms with van der Waals surface area (Å²) in [7, 11) is 0. The van der Waals surface area contributed by atoms with Crippen molar-refractivity contribution in [1.82, 2.24) is 5.32 Å². The van der Waals surface area contributed by atoms with Crippen molar-refractivity contribution < 1.29 is 9.53 Å². The second-order valence-corrected chi connectivity index (χ2v) is 4.53. The number of nitrogens with one attached hydrogen (secondary N) is 1. The maximum absolute atomic E-state index is 11.9. The second-order valence-electron chi connectivity index (χ2n) is 4.12. The van der Waals surface area contributed by atoms with Gasteiger partial charge in [-0.05, 0) is 31.0 Å². The molecule has 2 rings (SSSR count). The van der Waals surface area contributed by atoms with E-state index in [4.69, 9.17) is 22.1 Å². The van der Waals surface area contributed by atoms with E-state index in [1.54, 1.807) is 18.2 Å². The number of nitrogens with two attached hydrogens (primary N) is 1. The summed E-state index contributed by atoms with van der Waals surface area (Å²) in [5.41, 5.74) is 6.60. The fourth-order valence-electron chi connectivity index (χ4n) is 1.81. The molecule has 1 heterocycles. The average Bonchev–Trinajstić information content (AvgIpc) is 2.34. The number of benzene rings is 1.